The van der Waals surface area contributed by atoms with Gasteiger partial charge in [-0.05, 0) is 32.1 Å². The van der Waals surface area contributed by atoms with Gasteiger partial charge in [-0.15, -0.1) is 0 Å². The van der Waals surface area contributed by atoms with Crippen LogP contribution < -0.4 is 5.32 Å². The standard InChI is InChI=1S/C13H22N4O3/c1-9-12(17(19)20)10(2)16(15-9)7-11(18)6-14-8-13(3)4-5-13/h11,14,18H,4-8H2,1-3H3. The van der Waals surface area contributed by atoms with E-state index in [1.165, 1.54) is 17.5 Å². The molecule has 0 saturated heterocycles. The summed E-state index contributed by atoms with van der Waals surface area (Å²) in [5.41, 5.74) is 1.31. The number of aliphatic hydroxyl groups excluding tert-OH is 1. The van der Waals surface area contributed by atoms with Gasteiger partial charge in [0.1, 0.15) is 11.4 Å². The number of rotatable bonds is 7. The molecule has 1 aliphatic rings. The highest BCUT2D eigenvalue weighted by molar-refractivity contribution is 5.39. The van der Waals surface area contributed by atoms with Crippen LogP contribution in [0.1, 0.15) is 31.2 Å². The molecule has 1 unspecified atom stereocenters. The van der Waals surface area contributed by atoms with Crippen molar-refractivity contribution in [2.24, 2.45) is 5.41 Å². The lowest BCUT2D eigenvalue weighted by Gasteiger charge is -2.15. The van der Waals surface area contributed by atoms with Crippen LogP contribution in [0.2, 0.25) is 0 Å². The molecule has 1 aromatic heterocycles. The van der Waals surface area contributed by atoms with Gasteiger partial charge in [0.05, 0.1) is 17.6 Å². The van der Waals surface area contributed by atoms with Crippen LogP contribution in [0.5, 0.6) is 0 Å². The minimum atomic E-state index is -0.602. The third-order valence-electron chi connectivity index (χ3n) is 3.94. The summed E-state index contributed by atoms with van der Waals surface area (Å²) in [6, 6.07) is 0. The average Bonchev–Trinajstić information content (AvgIpc) is 2.98. The summed E-state index contributed by atoms with van der Waals surface area (Å²) in [6.07, 6.45) is 1.87. The predicted molar refractivity (Wildman–Crippen MR) is 74.6 cm³/mol. The first kappa shape index (κ1) is 14.9. The highest BCUT2D eigenvalue weighted by atomic mass is 16.6. The smallest absolute Gasteiger partial charge is 0.312 e. The summed E-state index contributed by atoms with van der Waals surface area (Å²) >= 11 is 0. The molecule has 1 atom stereocenters. The zero-order chi connectivity index (χ0) is 14.9. The SMILES string of the molecule is Cc1nn(CC(O)CNCC2(C)CC2)c(C)c1[N+](=O)[O-]. The molecule has 2 rings (SSSR count). The van der Waals surface area contributed by atoms with Crippen molar-refractivity contribution < 1.29 is 10.0 Å². The molecule has 7 nitrogen and oxygen atoms in total. The quantitative estimate of drug-likeness (QED) is 0.578. The molecule has 1 saturated carbocycles. The van der Waals surface area contributed by atoms with Crippen LogP contribution in [0.15, 0.2) is 0 Å². The molecule has 1 heterocycles. The van der Waals surface area contributed by atoms with Crippen molar-refractivity contribution >= 4 is 5.69 Å². The molecule has 0 amide bonds. The van der Waals surface area contributed by atoms with Crippen molar-refractivity contribution in [1.29, 1.82) is 0 Å². The van der Waals surface area contributed by atoms with Crippen LogP contribution in [-0.2, 0) is 6.54 Å². The van der Waals surface area contributed by atoms with Gasteiger partial charge >= 0.3 is 5.69 Å². The summed E-state index contributed by atoms with van der Waals surface area (Å²) < 4.78 is 1.51. The van der Waals surface area contributed by atoms with Crippen LogP contribution >= 0.6 is 0 Å². The lowest BCUT2D eigenvalue weighted by Crippen LogP contribution is -2.33. The minimum Gasteiger partial charge on any atom is -0.390 e. The van der Waals surface area contributed by atoms with E-state index in [4.69, 9.17) is 0 Å². The monoisotopic (exact) mass is 282 g/mol. The Hall–Kier alpha value is -1.47. The normalized spacial score (nSPS) is 18.0. The molecule has 0 aromatic carbocycles. The third kappa shape index (κ3) is 3.34. The van der Waals surface area contributed by atoms with Gasteiger partial charge in [0.25, 0.3) is 0 Å². The van der Waals surface area contributed by atoms with Gasteiger partial charge in [0.2, 0.25) is 0 Å². The van der Waals surface area contributed by atoms with E-state index in [2.05, 4.69) is 17.3 Å². The fourth-order valence-electron chi connectivity index (χ4n) is 2.32. The maximum atomic E-state index is 10.9. The van der Waals surface area contributed by atoms with Crippen LogP contribution in [0.4, 0.5) is 5.69 Å². The van der Waals surface area contributed by atoms with Gasteiger partial charge < -0.3 is 10.4 Å². The van der Waals surface area contributed by atoms with Gasteiger partial charge in [-0.3, -0.25) is 14.8 Å². The first-order valence-corrected chi connectivity index (χ1v) is 6.89. The highest BCUT2D eigenvalue weighted by Gasteiger charge is 2.36. The third-order valence-corrected chi connectivity index (χ3v) is 3.94. The Morgan fingerprint density at radius 1 is 1.55 bits per heavy atom. The van der Waals surface area contributed by atoms with Crippen LogP contribution in [0.25, 0.3) is 0 Å². The van der Waals surface area contributed by atoms with E-state index in [0.29, 0.717) is 23.3 Å². The van der Waals surface area contributed by atoms with E-state index in [0.717, 1.165) is 6.54 Å². The van der Waals surface area contributed by atoms with E-state index in [-0.39, 0.29) is 12.2 Å². The Balaban J connectivity index is 1.89. The second kappa shape index (κ2) is 5.49. The van der Waals surface area contributed by atoms with Gasteiger partial charge in [-0.25, -0.2) is 0 Å². The molecular formula is C13H22N4O3. The Bertz CT molecular complexity index is 508. The number of nitrogens with zero attached hydrogens (tertiary/aromatic N) is 3. The second-order valence-corrected chi connectivity index (χ2v) is 6.05. The summed E-state index contributed by atoms with van der Waals surface area (Å²) in [5.74, 6) is 0. The average molecular weight is 282 g/mol. The van der Waals surface area contributed by atoms with Crippen LogP contribution in [0, 0.1) is 29.4 Å². The Morgan fingerprint density at radius 3 is 2.70 bits per heavy atom. The molecule has 1 fully saturated rings. The molecule has 20 heavy (non-hydrogen) atoms. The Labute approximate surface area is 118 Å². The minimum absolute atomic E-state index is 0.0376. The molecule has 0 spiro atoms. The number of hydrogen-bond acceptors (Lipinski definition) is 5. The molecule has 0 aliphatic heterocycles. The summed E-state index contributed by atoms with van der Waals surface area (Å²) in [6.45, 7) is 7.13. The topological polar surface area (TPSA) is 93.2 Å². The predicted octanol–water partition coefficient (Wildman–Crippen LogP) is 1.16. The number of nitro groups is 1. The molecule has 0 bridgehead atoms. The van der Waals surface area contributed by atoms with E-state index in [9.17, 15) is 15.2 Å². The van der Waals surface area contributed by atoms with Crippen LogP contribution in [-0.4, -0.2) is 39.0 Å². The van der Waals surface area contributed by atoms with Gasteiger partial charge in [0, 0.05) is 13.1 Å². The molecule has 7 heteroatoms. The number of hydrogen-bond donors (Lipinski definition) is 2. The van der Waals surface area contributed by atoms with E-state index in [1.807, 2.05) is 0 Å². The van der Waals surface area contributed by atoms with Crippen molar-refractivity contribution in [1.82, 2.24) is 15.1 Å². The first-order chi connectivity index (χ1) is 9.32. The van der Waals surface area contributed by atoms with E-state index in [1.54, 1.807) is 13.8 Å². The zero-order valence-corrected chi connectivity index (χ0v) is 12.2. The first-order valence-electron chi connectivity index (χ1n) is 6.89. The number of nitrogens with one attached hydrogen (secondary N) is 1. The molecule has 112 valence electrons. The maximum Gasteiger partial charge on any atom is 0.312 e. The fraction of sp³-hybridized carbons (Fsp3) is 0.769. The summed E-state index contributed by atoms with van der Waals surface area (Å²) in [7, 11) is 0. The van der Waals surface area contributed by atoms with Gasteiger partial charge in [-0.2, -0.15) is 5.10 Å². The summed E-state index contributed by atoms with van der Waals surface area (Å²) in [4.78, 5) is 10.5. The van der Waals surface area contributed by atoms with Crippen molar-refractivity contribution in [3.05, 3.63) is 21.5 Å². The molecular weight excluding hydrogens is 260 g/mol. The van der Waals surface area contributed by atoms with Crippen molar-refractivity contribution in [3.63, 3.8) is 0 Å². The Morgan fingerprint density at radius 2 is 2.20 bits per heavy atom. The van der Waals surface area contributed by atoms with E-state index < -0.39 is 11.0 Å². The molecule has 1 aromatic rings. The molecule has 0 radical (unpaired) electrons. The highest BCUT2D eigenvalue weighted by Crippen LogP contribution is 2.43. The number of aryl methyl sites for hydroxylation is 1. The lowest BCUT2D eigenvalue weighted by molar-refractivity contribution is -0.386. The zero-order valence-electron chi connectivity index (χ0n) is 12.2. The second-order valence-electron chi connectivity index (χ2n) is 6.05. The summed E-state index contributed by atoms with van der Waals surface area (Å²) in [5, 5.41) is 28.3. The van der Waals surface area contributed by atoms with Gasteiger partial charge in [0.15, 0.2) is 0 Å². The van der Waals surface area contributed by atoms with E-state index >= 15 is 0 Å². The lowest BCUT2D eigenvalue weighted by atomic mass is 10.1. The van der Waals surface area contributed by atoms with Gasteiger partial charge in [-0.1, -0.05) is 6.92 Å². The van der Waals surface area contributed by atoms with Crippen molar-refractivity contribution in [2.75, 3.05) is 13.1 Å². The Kier molecular flexibility index (Phi) is 4.10. The fourth-order valence-corrected chi connectivity index (χ4v) is 2.32. The number of aliphatic hydroxyl groups is 1. The molecule has 2 N–H and O–H groups in total. The van der Waals surface area contributed by atoms with Crippen molar-refractivity contribution in [3.8, 4) is 0 Å². The van der Waals surface area contributed by atoms with Crippen LogP contribution in [0.3, 0.4) is 0 Å². The number of aromatic nitrogens is 2. The largest absolute Gasteiger partial charge is 0.390 e. The maximum absolute atomic E-state index is 10.9. The van der Waals surface area contributed by atoms with Crippen molar-refractivity contribution in [2.45, 2.75) is 46.3 Å². The molecule has 1 aliphatic carbocycles.